The molecule has 170 valence electrons. The average molecular weight is 451 g/mol. The average Bonchev–Trinajstić information content (AvgIpc) is 2.85. The van der Waals surface area contributed by atoms with Crippen molar-refractivity contribution in [2.45, 2.75) is 33.1 Å². The van der Waals surface area contributed by atoms with Gasteiger partial charge in [-0.25, -0.2) is 4.98 Å². The van der Waals surface area contributed by atoms with E-state index in [4.69, 9.17) is 0 Å². The number of aryl methyl sites for hydroxylation is 1. The predicted molar refractivity (Wildman–Crippen MR) is 135 cm³/mol. The Morgan fingerprint density at radius 1 is 1.06 bits per heavy atom. The number of benzene rings is 1. The van der Waals surface area contributed by atoms with Crippen molar-refractivity contribution in [3.8, 4) is 17.2 Å². The maximum atomic E-state index is 12.9. The summed E-state index contributed by atoms with van der Waals surface area (Å²) in [6, 6.07) is 15.4. The highest BCUT2D eigenvalue weighted by Gasteiger charge is 2.21. The number of hydrogen-bond acceptors (Lipinski definition) is 6. The molecule has 0 atom stereocenters. The highest BCUT2D eigenvalue weighted by atomic mass is 16.1. The Balaban J connectivity index is 1.62. The van der Waals surface area contributed by atoms with Crippen molar-refractivity contribution in [3.05, 3.63) is 77.9 Å². The van der Waals surface area contributed by atoms with Gasteiger partial charge in [-0.15, -0.1) is 0 Å². The van der Waals surface area contributed by atoms with Crippen LogP contribution in [0.25, 0.3) is 22.0 Å². The van der Waals surface area contributed by atoms with Gasteiger partial charge in [0, 0.05) is 47.8 Å². The SMILES string of the molecule is CCNc1cc2ncc(-c3cc(NC(=O)c4cc(C(C)(C)C#N)ccn4)ccc3C)cc2cn1. The normalized spacial score (nSPS) is 11.1. The third-order valence-electron chi connectivity index (χ3n) is 5.72. The number of carbonyl (C=O) groups excluding carboxylic acids is 1. The van der Waals surface area contributed by atoms with E-state index in [1.54, 1.807) is 18.3 Å². The molecule has 0 bridgehead atoms. The quantitative estimate of drug-likeness (QED) is 0.403. The first-order valence-electron chi connectivity index (χ1n) is 11.1. The van der Waals surface area contributed by atoms with Crippen LogP contribution in [0.4, 0.5) is 11.5 Å². The van der Waals surface area contributed by atoms with Crippen LogP contribution in [0.15, 0.2) is 61.1 Å². The van der Waals surface area contributed by atoms with Gasteiger partial charge < -0.3 is 10.6 Å². The fraction of sp³-hybridized carbons (Fsp3) is 0.222. The molecule has 4 aromatic rings. The Morgan fingerprint density at radius 3 is 2.65 bits per heavy atom. The van der Waals surface area contributed by atoms with Gasteiger partial charge in [-0.05, 0) is 74.7 Å². The summed E-state index contributed by atoms with van der Waals surface area (Å²) in [5.74, 6) is 0.467. The van der Waals surface area contributed by atoms with Crippen LogP contribution in [-0.2, 0) is 5.41 Å². The molecule has 0 aliphatic rings. The molecular weight excluding hydrogens is 424 g/mol. The zero-order valence-electron chi connectivity index (χ0n) is 19.7. The molecule has 0 unspecified atom stereocenters. The number of fused-ring (bicyclic) bond motifs is 1. The minimum Gasteiger partial charge on any atom is -0.370 e. The lowest BCUT2D eigenvalue weighted by atomic mass is 9.86. The van der Waals surface area contributed by atoms with Crippen molar-refractivity contribution in [3.63, 3.8) is 0 Å². The molecule has 1 amide bonds. The van der Waals surface area contributed by atoms with Crippen LogP contribution in [0.5, 0.6) is 0 Å². The van der Waals surface area contributed by atoms with Crippen molar-refractivity contribution in [2.75, 3.05) is 17.2 Å². The van der Waals surface area contributed by atoms with E-state index in [9.17, 15) is 10.1 Å². The first-order chi connectivity index (χ1) is 16.3. The standard InChI is InChI=1S/C27H26N6O/c1-5-29-25-13-23-19(15-32-25)10-18(14-31-23)22-12-21(7-6-17(22)2)33-26(34)24-11-20(8-9-30-24)27(3,4)16-28/h6-15H,5H2,1-4H3,(H,29,32)(H,33,34). The zero-order chi connectivity index (χ0) is 24.3. The molecule has 7 heteroatoms. The first-order valence-corrected chi connectivity index (χ1v) is 11.1. The maximum Gasteiger partial charge on any atom is 0.274 e. The van der Waals surface area contributed by atoms with Gasteiger partial charge in [0.25, 0.3) is 5.91 Å². The summed E-state index contributed by atoms with van der Waals surface area (Å²) in [4.78, 5) is 26.1. The zero-order valence-corrected chi connectivity index (χ0v) is 19.7. The number of amides is 1. The summed E-state index contributed by atoms with van der Waals surface area (Å²) < 4.78 is 0. The number of nitrogens with zero attached hydrogens (tertiary/aromatic N) is 4. The summed E-state index contributed by atoms with van der Waals surface area (Å²) in [7, 11) is 0. The van der Waals surface area contributed by atoms with E-state index in [1.807, 2.05) is 70.4 Å². The molecule has 34 heavy (non-hydrogen) atoms. The second-order valence-electron chi connectivity index (χ2n) is 8.67. The number of rotatable bonds is 6. The van der Waals surface area contributed by atoms with E-state index in [0.29, 0.717) is 5.69 Å². The Morgan fingerprint density at radius 2 is 1.88 bits per heavy atom. The Hall–Kier alpha value is -4.31. The summed E-state index contributed by atoms with van der Waals surface area (Å²) in [5, 5.41) is 16.5. The monoisotopic (exact) mass is 450 g/mol. The number of nitriles is 1. The molecule has 7 nitrogen and oxygen atoms in total. The third kappa shape index (κ3) is 4.71. The second-order valence-corrected chi connectivity index (χ2v) is 8.67. The molecule has 4 rings (SSSR count). The van der Waals surface area contributed by atoms with Gasteiger partial charge in [0.2, 0.25) is 0 Å². The van der Waals surface area contributed by atoms with E-state index < -0.39 is 5.41 Å². The first kappa shape index (κ1) is 22.9. The van der Waals surface area contributed by atoms with E-state index in [0.717, 1.165) is 45.5 Å². The number of hydrogen-bond donors (Lipinski definition) is 2. The van der Waals surface area contributed by atoms with Gasteiger partial charge in [-0.3, -0.25) is 14.8 Å². The summed E-state index contributed by atoms with van der Waals surface area (Å²) in [6.45, 7) is 8.46. The van der Waals surface area contributed by atoms with Crippen molar-refractivity contribution in [1.82, 2.24) is 15.0 Å². The number of carbonyl (C=O) groups is 1. The van der Waals surface area contributed by atoms with Crippen LogP contribution >= 0.6 is 0 Å². The van der Waals surface area contributed by atoms with E-state index in [2.05, 4.69) is 31.7 Å². The smallest absolute Gasteiger partial charge is 0.274 e. The summed E-state index contributed by atoms with van der Waals surface area (Å²) >= 11 is 0. The van der Waals surface area contributed by atoms with Gasteiger partial charge in [-0.1, -0.05) is 6.07 Å². The lowest BCUT2D eigenvalue weighted by Gasteiger charge is -2.16. The Kier molecular flexibility index (Phi) is 6.24. The lowest BCUT2D eigenvalue weighted by molar-refractivity contribution is 0.102. The van der Waals surface area contributed by atoms with Crippen LogP contribution in [-0.4, -0.2) is 27.4 Å². The minimum absolute atomic E-state index is 0.262. The van der Waals surface area contributed by atoms with Gasteiger partial charge in [-0.2, -0.15) is 5.26 Å². The molecule has 0 radical (unpaired) electrons. The van der Waals surface area contributed by atoms with Gasteiger partial charge in [0.05, 0.1) is 17.0 Å². The van der Waals surface area contributed by atoms with Crippen LogP contribution in [0.2, 0.25) is 0 Å². The van der Waals surface area contributed by atoms with Crippen molar-refractivity contribution < 1.29 is 4.79 Å². The highest BCUT2D eigenvalue weighted by molar-refractivity contribution is 6.03. The van der Waals surface area contributed by atoms with Crippen molar-refractivity contribution >= 4 is 28.3 Å². The second kappa shape index (κ2) is 9.28. The number of aromatic nitrogens is 3. The van der Waals surface area contributed by atoms with Crippen molar-refractivity contribution in [2.24, 2.45) is 0 Å². The Bertz CT molecular complexity index is 1420. The van der Waals surface area contributed by atoms with Crippen molar-refractivity contribution in [1.29, 1.82) is 5.26 Å². The number of pyridine rings is 3. The van der Waals surface area contributed by atoms with Crippen LogP contribution in [0.3, 0.4) is 0 Å². The van der Waals surface area contributed by atoms with Gasteiger partial charge in [0.15, 0.2) is 0 Å². The predicted octanol–water partition coefficient (Wildman–Crippen LogP) is 5.49. The third-order valence-corrected chi connectivity index (χ3v) is 5.72. The Labute approximate surface area is 198 Å². The molecular formula is C27H26N6O. The molecule has 1 aromatic carbocycles. The minimum atomic E-state index is -0.708. The highest BCUT2D eigenvalue weighted by Crippen LogP contribution is 2.29. The lowest BCUT2D eigenvalue weighted by Crippen LogP contribution is -2.18. The number of nitrogens with one attached hydrogen (secondary N) is 2. The molecule has 0 aliphatic carbocycles. The van der Waals surface area contributed by atoms with Crippen LogP contribution in [0, 0.1) is 18.3 Å². The molecule has 0 saturated carbocycles. The molecule has 3 heterocycles. The molecule has 0 aliphatic heterocycles. The summed E-state index contributed by atoms with van der Waals surface area (Å²) in [5.41, 5.74) is 4.78. The van der Waals surface area contributed by atoms with Crippen LogP contribution in [0.1, 0.15) is 42.4 Å². The molecule has 0 saturated heterocycles. The molecule has 3 aromatic heterocycles. The van der Waals surface area contributed by atoms with Crippen LogP contribution < -0.4 is 10.6 Å². The topological polar surface area (TPSA) is 104 Å². The van der Waals surface area contributed by atoms with Gasteiger partial charge >= 0.3 is 0 Å². The molecule has 0 fully saturated rings. The van der Waals surface area contributed by atoms with E-state index in [1.165, 1.54) is 0 Å². The van der Waals surface area contributed by atoms with E-state index >= 15 is 0 Å². The summed E-state index contributed by atoms with van der Waals surface area (Å²) in [6.07, 6.45) is 5.20. The molecule has 2 N–H and O–H groups in total. The largest absolute Gasteiger partial charge is 0.370 e. The number of anilines is 2. The van der Waals surface area contributed by atoms with E-state index in [-0.39, 0.29) is 11.6 Å². The fourth-order valence-electron chi connectivity index (χ4n) is 3.66. The maximum absolute atomic E-state index is 12.9. The molecule has 0 spiro atoms. The van der Waals surface area contributed by atoms with Gasteiger partial charge in [0.1, 0.15) is 11.5 Å². The fourth-order valence-corrected chi connectivity index (χ4v) is 3.66.